The first kappa shape index (κ1) is 9.32. The van der Waals surface area contributed by atoms with Crippen LogP contribution in [0.3, 0.4) is 0 Å². The second-order valence-electron chi connectivity index (χ2n) is 3.30. The summed E-state index contributed by atoms with van der Waals surface area (Å²) < 4.78 is 0. The van der Waals surface area contributed by atoms with E-state index in [0.29, 0.717) is 6.04 Å². The highest BCUT2D eigenvalue weighted by Gasteiger charge is 2.20. The number of rotatable bonds is 3. The molecule has 1 atom stereocenters. The SMILES string of the molecule is CCCN1CCC(N=C(N)N)C1. The summed E-state index contributed by atoms with van der Waals surface area (Å²) in [6.07, 6.45) is 2.30. The molecule has 1 unspecified atom stereocenters. The van der Waals surface area contributed by atoms with E-state index in [1.165, 1.54) is 6.42 Å². The van der Waals surface area contributed by atoms with Crippen LogP contribution in [0, 0.1) is 0 Å². The van der Waals surface area contributed by atoms with Gasteiger partial charge in [0.05, 0.1) is 6.04 Å². The molecule has 4 heteroatoms. The Bertz CT molecular complexity index is 162. The van der Waals surface area contributed by atoms with Crippen LogP contribution in [0.25, 0.3) is 0 Å². The van der Waals surface area contributed by atoms with Gasteiger partial charge in [-0.25, -0.2) is 4.99 Å². The Balaban J connectivity index is 2.30. The van der Waals surface area contributed by atoms with Crippen LogP contribution in [0.1, 0.15) is 19.8 Å². The van der Waals surface area contributed by atoms with Crippen LogP contribution in [-0.2, 0) is 0 Å². The first-order chi connectivity index (χ1) is 5.72. The van der Waals surface area contributed by atoms with Gasteiger partial charge in [-0.15, -0.1) is 0 Å². The fourth-order valence-corrected chi connectivity index (χ4v) is 1.65. The maximum Gasteiger partial charge on any atom is 0.186 e. The normalized spacial score (nSPS) is 24.2. The molecule has 70 valence electrons. The monoisotopic (exact) mass is 170 g/mol. The Morgan fingerprint density at radius 3 is 2.92 bits per heavy atom. The Morgan fingerprint density at radius 1 is 1.58 bits per heavy atom. The molecule has 0 aromatic rings. The quantitative estimate of drug-likeness (QED) is 0.453. The van der Waals surface area contributed by atoms with Gasteiger partial charge in [0.25, 0.3) is 0 Å². The summed E-state index contributed by atoms with van der Waals surface area (Å²) in [6.45, 7) is 5.51. The van der Waals surface area contributed by atoms with E-state index in [1.54, 1.807) is 0 Å². The molecule has 0 radical (unpaired) electrons. The molecule has 0 aromatic heterocycles. The third-order valence-corrected chi connectivity index (χ3v) is 2.12. The summed E-state index contributed by atoms with van der Waals surface area (Å²) >= 11 is 0. The molecule has 0 amide bonds. The minimum Gasteiger partial charge on any atom is -0.370 e. The molecular formula is C8H18N4. The van der Waals surface area contributed by atoms with Crippen LogP contribution in [0.5, 0.6) is 0 Å². The molecule has 0 aromatic carbocycles. The van der Waals surface area contributed by atoms with Crippen LogP contribution in [-0.4, -0.2) is 36.5 Å². The van der Waals surface area contributed by atoms with E-state index in [0.717, 1.165) is 26.1 Å². The zero-order chi connectivity index (χ0) is 8.97. The van der Waals surface area contributed by atoms with Crippen molar-refractivity contribution < 1.29 is 0 Å². The molecule has 1 aliphatic rings. The number of nitrogens with zero attached hydrogens (tertiary/aromatic N) is 2. The summed E-state index contributed by atoms with van der Waals surface area (Å²) in [6, 6.07) is 0.335. The number of guanidine groups is 1. The highest BCUT2D eigenvalue weighted by Crippen LogP contribution is 2.11. The number of hydrogen-bond acceptors (Lipinski definition) is 2. The van der Waals surface area contributed by atoms with Crippen LogP contribution in [0.2, 0.25) is 0 Å². The number of nitrogens with two attached hydrogens (primary N) is 2. The molecule has 0 saturated carbocycles. The Hall–Kier alpha value is -0.770. The topological polar surface area (TPSA) is 67.6 Å². The molecule has 1 rings (SSSR count). The highest BCUT2D eigenvalue weighted by molar-refractivity contribution is 5.75. The Morgan fingerprint density at radius 2 is 2.33 bits per heavy atom. The zero-order valence-corrected chi connectivity index (χ0v) is 7.66. The maximum absolute atomic E-state index is 5.30. The second kappa shape index (κ2) is 4.30. The molecule has 12 heavy (non-hydrogen) atoms. The fourth-order valence-electron chi connectivity index (χ4n) is 1.65. The molecule has 4 N–H and O–H groups in total. The predicted octanol–water partition coefficient (Wildman–Crippen LogP) is -0.256. The van der Waals surface area contributed by atoms with Crippen molar-refractivity contribution in [1.29, 1.82) is 0 Å². The lowest BCUT2D eigenvalue weighted by atomic mass is 10.3. The molecule has 4 nitrogen and oxygen atoms in total. The number of likely N-dealkylation sites (tertiary alicyclic amines) is 1. The average Bonchev–Trinajstić information content (AvgIpc) is 2.36. The zero-order valence-electron chi connectivity index (χ0n) is 7.66. The molecule has 0 spiro atoms. The van der Waals surface area contributed by atoms with Crippen molar-refractivity contribution in [3.8, 4) is 0 Å². The smallest absolute Gasteiger partial charge is 0.186 e. The Kier molecular flexibility index (Phi) is 3.34. The average molecular weight is 170 g/mol. The number of aliphatic imine (C=N–C) groups is 1. The summed E-state index contributed by atoms with van der Waals surface area (Å²) in [7, 11) is 0. The molecule has 1 saturated heterocycles. The lowest BCUT2D eigenvalue weighted by Crippen LogP contribution is -2.27. The first-order valence-electron chi connectivity index (χ1n) is 4.53. The van der Waals surface area contributed by atoms with Crippen molar-refractivity contribution in [3.05, 3.63) is 0 Å². The third kappa shape index (κ3) is 2.70. The van der Waals surface area contributed by atoms with E-state index < -0.39 is 0 Å². The van der Waals surface area contributed by atoms with E-state index in [1.807, 2.05) is 0 Å². The van der Waals surface area contributed by atoms with Gasteiger partial charge in [0.2, 0.25) is 0 Å². The van der Waals surface area contributed by atoms with Gasteiger partial charge in [0, 0.05) is 13.1 Å². The third-order valence-electron chi connectivity index (χ3n) is 2.12. The highest BCUT2D eigenvalue weighted by atomic mass is 15.2. The van der Waals surface area contributed by atoms with E-state index >= 15 is 0 Å². The van der Waals surface area contributed by atoms with E-state index in [9.17, 15) is 0 Å². The fraction of sp³-hybridized carbons (Fsp3) is 0.875. The van der Waals surface area contributed by atoms with Gasteiger partial charge in [-0.3, -0.25) is 0 Å². The van der Waals surface area contributed by atoms with E-state index in [4.69, 9.17) is 11.5 Å². The molecule has 0 aliphatic carbocycles. The van der Waals surface area contributed by atoms with Gasteiger partial charge in [-0.2, -0.15) is 0 Å². The first-order valence-corrected chi connectivity index (χ1v) is 4.53. The van der Waals surface area contributed by atoms with Crippen LogP contribution >= 0.6 is 0 Å². The van der Waals surface area contributed by atoms with E-state index in [-0.39, 0.29) is 5.96 Å². The maximum atomic E-state index is 5.30. The minimum absolute atomic E-state index is 0.221. The lowest BCUT2D eigenvalue weighted by molar-refractivity contribution is 0.335. The molecular weight excluding hydrogens is 152 g/mol. The van der Waals surface area contributed by atoms with Gasteiger partial charge >= 0.3 is 0 Å². The van der Waals surface area contributed by atoms with Crippen molar-refractivity contribution in [2.45, 2.75) is 25.8 Å². The van der Waals surface area contributed by atoms with Crippen molar-refractivity contribution in [2.75, 3.05) is 19.6 Å². The number of hydrogen-bond donors (Lipinski definition) is 2. The molecule has 1 fully saturated rings. The largest absolute Gasteiger partial charge is 0.370 e. The van der Waals surface area contributed by atoms with Gasteiger partial charge in [0.1, 0.15) is 0 Å². The summed E-state index contributed by atoms with van der Waals surface area (Å²) in [5, 5.41) is 0. The predicted molar refractivity (Wildman–Crippen MR) is 50.9 cm³/mol. The molecule has 0 bridgehead atoms. The van der Waals surface area contributed by atoms with Crippen molar-refractivity contribution in [3.63, 3.8) is 0 Å². The standard InChI is InChI=1S/C8H18N4/c1-2-4-12-5-3-7(6-12)11-8(9)10/h7H,2-6H2,1H3,(H4,9,10,11). The summed E-state index contributed by atoms with van der Waals surface area (Å²) in [5.41, 5.74) is 10.6. The molecule has 1 heterocycles. The summed E-state index contributed by atoms with van der Waals surface area (Å²) in [4.78, 5) is 6.54. The lowest BCUT2D eigenvalue weighted by Gasteiger charge is -2.12. The van der Waals surface area contributed by atoms with Crippen molar-refractivity contribution in [1.82, 2.24) is 4.90 Å². The van der Waals surface area contributed by atoms with Gasteiger partial charge in [-0.05, 0) is 19.4 Å². The van der Waals surface area contributed by atoms with Crippen LogP contribution < -0.4 is 11.5 Å². The van der Waals surface area contributed by atoms with Crippen LogP contribution in [0.15, 0.2) is 4.99 Å². The van der Waals surface area contributed by atoms with Crippen molar-refractivity contribution in [2.24, 2.45) is 16.5 Å². The minimum atomic E-state index is 0.221. The second-order valence-corrected chi connectivity index (χ2v) is 3.30. The van der Waals surface area contributed by atoms with Crippen molar-refractivity contribution >= 4 is 5.96 Å². The summed E-state index contributed by atoms with van der Waals surface area (Å²) in [5.74, 6) is 0.221. The van der Waals surface area contributed by atoms with Gasteiger partial charge in [-0.1, -0.05) is 6.92 Å². The van der Waals surface area contributed by atoms with Gasteiger partial charge < -0.3 is 16.4 Å². The van der Waals surface area contributed by atoms with Crippen LogP contribution in [0.4, 0.5) is 0 Å². The molecule has 1 aliphatic heterocycles. The Labute approximate surface area is 73.6 Å². The van der Waals surface area contributed by atoms with Gasteiger partial charge in [0.15, 0.2) is 5.96 Å². The van der Waals surface area contributed by atoms with E-state index in [2.05, 4.69) is 16.8 Å².